The summed E-state index contributed by atoms with van der Waals surface area (Å²) in [5, 5.41) is 22.1. The van der Waals surface area contributed by atoms with Crippen LogP contribution < -0.4 is 14.8 Å². The zero-order chi connectivity index (χ0) is 19.9. The lowest BCUT2D eigenvalue weighted by molar-refractivity contribution is 0.101. The molecule has 0 aliphatic carbocycles. The molecule has 1 heterocycles. The minimum absolute atomic E-state index is 0.0551. The summed E-state index contributed by atoms with van der Waals surface area (Å²) in [6.07, 6.45) is 2.24. The Balaban J connectivity index is 1.75. The fourth-order valence-electron chi connectivity index (χ4n) is 3.09. The van der Waals surface area contributed by atoms with Gasteiger partial charge in [0.15, 0.2) is 5.78 Å². The van der Waals surface area contributed by atoms with E-state index in [0.717, 1.165) is 16.5 Å². The molecule has 28 heavy (non-hydrogen) atoms. The summed E-state index contributed by atoms with van der Waals surface area (Å²) in [6.45, 7) is 0.248. The van der Waals surface area contributed by atoms with Crippen molar-refractivity contribution in [3.8, 4) is 11.5 Å². The number of carbonyl (C=O) groups is 1. The molecule has 0 spiro atoms. The third-order valence-electron chi connectivity index (χ3n) is 4.41. The molecule has 0 saturated heterocycles. The predicted octanol–water partition coefficient (Wildman–Crippen LogP) is 2.38. The number of aliphatic hydroxyl groups excluding tert-OH is 2. The van der Waals surface area contributed by atoms with Crippen LogP contribution in [0.3, 0.4) is 0 Å². The number of anilines is 1. The Kier molecular flexibility index (Phi) is 6.52. The van der Waals surface area contributed by atoms with Crippen LogP contribution in [0.1, 0.15) is 15.9 Å². The fourth-order valence-corrected chi connectivity index (χ4v) is 3.09. The highest BCUT2D eigenvalue weighted by Gasteiger charge is 2.14. The van der Waals surface area contributed by atoms with Gasteiger partial charge in [0.2, 0.25) is 0 Å². The number of aromatic amines is 1. The molecule has 7 heteroatoms. The van der Waals surface area contributed by atoms with E-state index < -0.39 is 0 Å². The van der Waals surface area contributed by atoms with Gasteiger partial charge in [-0.2, -0.15) is 0 Å². The molecule has 3 rings (SSSR count). The molecule has 0 aliphatic rings. The molecule has 1 aromatic heterocycles. The molecular formula is C21H24N2O5. The molecule has 148 valence electrons. The molecule has 0 unspecified atom stereocenters. The van der Waals surface area contributed by atoms with Crippen LogP contribution in [0.2, 0.25) is 0 Å². The largest absolute Gasteiger partial charge is 0.497 e. The predicted molar refractivity (Wildman–Crippen MR) is 107 cm³/mol. The van der Waals surface area contributed by atoms with Crippen molar-refractivity contribution >= 4 is 22.4 Å². The number of Topliss-reactive ketones (excluding diaryl/α,β-unsaturated/α-hetero) is 1. The van der Waals surface area contributed by atoms with Crippen LogP contribution in [0, 0.1) is 0 Å². The molecule has 0 atom stereocenters. The molecule has 0 bridgehead atoms. The molecule has 4 N–H and O–H groups in total. The Labute approximate surface area is 162 Å². The summed E-state index contributed by atoms with van der Waals surface area (Å²) < 4.78 is 10.7. The second kappa shape index (κ2) is 9.25. The van der Waals surface area contributed by atoms with E-state index in [1.54, 1.807) is 31.5 Å². The Bertz CT molecular complexity index is 951. The van der Waals surface area contributed by atoms with Crippen LogP contribution in [0.5, 0.6) is 11.5 Å². The van der Waals surface area contributed by atoms with Gasteiger partial charge in [0.1, 0.15) is 18.1 Å². The number of benzene rings is 2. The van der Waals surface area contributed by atoms with Crippen LogP contribution in [-0.2, 0) is 6.42 Å². The maximum Gasteiger partial charge on any atom is 0.183 e. The van der Waals surface area contributed by atoms with Crippen LogP contribution >= 0.6 is 0 Å². The fraction of sp³-hybridized carbons (Fsp3) is 0.286. The number of ether oxygens (including phenoxy) is 2. The lowest BCUT2D eigenvalue weighted by Gasteiger charge is -2.11. The molecule has 2 aromatic carbocycles. The van der Waals surface area contributed by atoms with E-state index in [-0.39, 0.29) is 32.1 Å². The lowest BCUT2D eigenvalue weighted by Crippen LogP contribution is -2.14. The minimum Gasteiger partial charge on any atom is -0.497 e. The smallest absolute Gasteiger partial charge is 0.183 e. The zero-order valence-corrected chi connectivity index (χ0v) is 15.7. The van der Waals surface area contributed by atoms with Crippen molar-refractivity contribution in [3.63, 3.8) is 0 Å². The Morgan fingerprint density at radius 2 is 1.96 bits per heavy atom. The summed E-state index contributed by atoms with van der Waals surface area (Å²) >= 11 is 0. The van der Waals surface area contributed by atoms with Crippen molar-refractivity contribution in [1.82, 2.24) is 4.98 Å². The molecular weight excluding hydrogens is 360 g/mol. The Morgan fingerprint density at radius 3 is 2.71 bits per heavy atom. The van der Waals surface area contributed by atoms with Gasteiger partial charge in [0, 0.05) is 53.2 Å². The third-order valence-corrected chi connectivity index (χ3v) is 4.41. The summed E-state index contributed by atoms with van der Waals surface area (Å²) in [5.41, 5.74) is 3.13. The number of aliphatic hydroxyl groups is 2. The maximum absolute atomic E-state index is 12.7. The summed E-state index contributed by atoms with van der Waals surface area (Å²) in [6, 6.07) is 11.0. The van der Waals surface area contributed by atoms with Gasteiger partial charge in [0.25, 0.3) is 0 Å². The van der Waals surface area contributed by atoms with Crippen molar-refractivity contribution < 1.29 is 24.5 Å². The van der Waals surface area contributed by atoms with Crippen molar-refractivity contribution in [3.05, 3.63) is 53.7 Å². The normalized spacial score (nSPS) is 10.8. The van der Waals surface area contributed by atoms with Crippen molar-refractivity contribution in [2.45, 2.75) is 6.42 Å². The minimum atomic E-state index is -0.0860. The SMILES string of the molecule is COc1cc(NCC(=O)c2c[nH]c3c(CCO)cccc23)cc(OCCO)c1. The first-order valence-corrected chi connectivity index (χ1v) is 9.06. The maximum atomic E-state index is 12.7. The molecule has 3 aromatic rings. The van der Waals surface area contributed by atoms with Crippen molar-refractivity contribution in [1.29, 1.82) is 0 Å². The van der Waals surface area contributed by atoms with Gasteiger partial charge in [-0.15, -0.1) is 0 Å². The average molecular weight is 384 g/mol. The van der Waals surface area contributed by atoms with Gasteiger partial charge in [-0.3, -0.25) is 4.79 Å². The Hall–Kier alpha value is -3.03. The Morgan fingerprint density at radius 1 is 1.14 bits per heavy atom. The van der Waals surface area contributed by atoms with Crippen molar-refractivity contribution in [2.75, 3.05) is 38.8 Å². The molecule has 0 aliphatic heterocycles. The topological polar surface area (TPSA) is 104 Å². The van der Waals surface area contributed by atoms with E-state index in [9.17, 15) is 9.90 Å². The second-order valence-corrected chi connectivity index (χ2v) is 6.26. The van der Waals surface area contributed by atoms with E-state index in [4.69, 9.17) is 14.6 Å². The second-order valence-electron chi connectivity index (χ2n) is 6.26. The van der Waals surface area contributed by atoms with Gasteiger partial charge in [-0.25, -0.2) is 0 Å². The first-order valence-electron chi connectivity index (χ1n) is 9.06. The van der Waals surface area contributed by atoms with E-state index in [1.807, 2.05) is 18.2 Å². The zero-order valence-electron chi connectivity index (χ0n) is 15.7. The van der Waals surface area contributed by atoms with E-state index >= 15 is 0 Å². The monoisotopic (exact) mass is 384 g/mol. The number of methoxy groups -OCH3 is 1. The van der Waals surface area contributed by atoms with Crippen LogP contribution in [0.15, 0.2) is 42.6 Å². The molecule has 0 radical (unpaired) electrons. The summed E-state index contributed by atoms with van der Waals surface area (Å²) in [7, 11) is 1.55. The highest BCUT2D eigenvalue weighted by atomic mass is 16.5. The number of carbonyl (C=O) groups excluding carboxylic acids is 1. The van der Waals surface area contributed by atoms with Crippen molar-refractivity contribution in [2.24, 2.45) is 0 Å². The number of rotatable bonds is 10. The van der Waals surface area contributed by atoms with Crippen LogP contribution in [0.4, 0.5) is 5.69 Å². The van der Waals surface area contributed by atoms with Gasteiger partial charge >= 0.3 is 0 Å². The van der Waals surface area contributed by atoms with Gasteiger partial charge in [0.05, 0.1) is 20.3 Å². The van der Waals surface area contributed by atoms with Crippen LogP contribution in [-0.4, -0.2) is 54.5 Å². The van der Waals surface area contributed by atoms with Gasteiger partial charge < -0.3 is 30.0 Å². The number of para-hydroxylation sites is 1. The first kappa shape index (κ1) is 19.7. The number of aromatic nitrogens is 1. The number of ketones is 1. The van der Waals surface area contributed by atoms with E-state index in [0.29, 0.717) is 29.2 Å². The number of fused-ring (bicyclic) bond motifs is 1. The molecule has 0 saturated carbocycles. The molecule has 0 amide bonds. The standard InChI is InChI=1S/C21H24N2O5/c1-27-16-9-15(10-17(11-16)28-8-7-25)22-13-20(26)19-12-23-21-14(5-6-24)3-2-4-18(19)21/h2-4,9-12,22-25H,5-8,13H2,1H3. The highest BCUT2D eigenvalue weighted by Crippen LogP contribution is 2.27. The third kappa shape index (κ3) is 4.44. The quantitative estimate of drug-likeness (QED) is 0.400. The van der Waals surface area contributed by atoms with E-state index in [2.05, 4.69) is 10.3 Å². The van der Waals surface area contributed by atoms with Crippen LogP contribution in [0.25, 0.3) is 10.9 Å². The summed E-state index contributed by atoms with van der Waals surface area (Å²) in [5.74, 6) is 1.07. The molecule has 7 nitrogen and oxygen atoms in total. The average Bonchev–Trinajstić information content (AvgIpc) is 3.16. The number of nitrogens with one attached hydrogen (secondary N) is 2. The number of H-pyrrole nitrogens is 1. The van der Waals surface area contributed by atoms with Gasteiger partial charge in [-0.1, -0.05) is 18.2 Å². The number of hydrogen-bond acceptors (Lipinski definition) is 6. The number of hydrogen-bond donors (Lipinski definition) is 4. The first-order chi connectivity index (χ1) is 13.7. The van der Waals surface area contributed by atoms with Gasteiger partial charge in [-0.05, 0) is 12.0 Å². The highest BCUT2D eigenvalue weighted by molar-refractivity contribution is 6.10. The summed E-state index contributed by atoms with van der Waals surface area (Å²) in [4.78, 5) is 15.9. The molecule has 0 fully saturated rings. The lowest BCUT2D eigenvalue weighted by atomic mass is 10.0. The van der Waals surface area contributed by atoms with E-state index in [1.165, 1.54) is 0 Å².